The number of benzene rings is 3. The van der Waals surface area contributed by atoms with Gasteiger partial charge in [0.15, 0.2) is 0 Å². The second-order valence-corrected chi connectivity index (χ2v) is 6.70. The number of primary amides is 1. The van der Waals surface area contributed by atoms with Gasteiger partial charge in [-0.15, -0.1) is 0 Å². The maximum Gasteiger partial charge on any atom is 0.239 e. The summed E-state index contributed by atoms with van der Waals surface area (Å²) in [6.07, 6.45) is 0. The monoisotopic (exact) mass is 384 g/mol. The SMILES string of the molecule is CCN(c1ccccc1)c1ccc(CNC(C(N)=O)c2ccc(C#N)cc2)cc1. The Morgan fingerprint density at radius 1 is 1.00 bits per heavy atom. The van der Waals surface area contributed by atoms with Crippen molar-refractivity contribution in [1.82, 2.24) is 5.32 Å². The van der Waals surface area contributed by atoms with Crippen LogP contribution in [0.15, 0.2) is 78.9 Å². The normalized spacial score (nSPS) is 11.4. The Kier molecular flexibility index (Phi) is 6.62. The summed E-state index contributed by atoms with van der Waals surface area (Å²) in [7, 11) is 0. The third-order valence-corrected chi connectivity index (χ3v) is 4.80. The topological polar surface area (TPSA) is 82.2 Å². The van der Waals surface area contributed by atoms with Crippen LogP contribution in [-0.2, 0) is 11.3 Å². The van der Waals surface area contributed by atoms with Crippen LogP contribution < -0.4 is 16.0 Å². The Hall–Kier alpha value is -3.62. The van der Waals surface area contributed by atoms with Crippen molar-refractivity contribution in [1.29, 1.82) is 5.26 Å². The summed E-state index contributed by atoms with van der Waals surface area (Å²) in [6.45, 7) is 3.49. The lowest BCUT2D eigenvalue weighted by atomic mass is 10.0. The molecule has 3 rings (SSSR count). The molecule has 3 N–H and O–H groups in total. The van der Waals surface area contributed by atoms with E-state index in [0.717, 1.165) is 29.0 Å². The third kappa shape index (κ3) is 5.01. The molecule has 0 heterocycles. The Morgan fingerprint density at radius 3 is 2.17 bits per heavy atom. The molecule has 0 saturated heterocycles. The predicted molar refractivity (Wildman–Crippen MR) is 115 cm³/mol. The summed E-state index contributed by atoms with van der Waals surface area (Å²) >= 11 is 0. The maximum absolute atomic E-state index is 11.9. The molecule has 0 aromatic heterocycles. The number of rotatable bonds is 8. The highest BCUT2D eigenvalue weighted by Gasteiger charge is 2.17. The summed E-state index contributed by atoms with van der Waals surface area (Å²) < 4.78 is 0. The van der Waals surface area contributed by atoms with E-state index < -0.39 is 11.9 Å². The van der Waals surface area contributed by atoms with E-state index >= 15 is 0 Å². The second-order valence-electron chi connectivity index (χ2n) is 6.70. The quantitative estimate of drug-likeness (QED) is 0.614. The van der Waals surface area contributed by atoms with E-state index in [0.29, 0.717) is 12.1 Å². The molecule has 0 bridgehead atoms. The third-order valence-electron chi connectivity index (χ3n) is 4.80. The molecule has 3 aromatic rings. The summed E-state index contributed by atoms with van der Waals surface area (Å²) in [5, 5.41) is 12.1. The van der Waals surface area contributed by atoms with Crippen LogP contribution in [0.1, 0.15) is 29.7 Å². The molecule has 5 nitrogen and oxygen atoms in total. The van der Waals surface area contributed by atoms with Gasteiger partial charge in [0.05, 0.1) is 11.6 Å². The fraction of sp³-hybridized carbons (Fsp3) is 0.167. The van der Waals surface area contributed by atoms with Crippen LogP contribution in [0.25, 0.3) is 0 Å². The Labute approximate surface area is 171 Å². The van der Waals surface area contributed by atoms with E-state index in [1.807, 2.05) is 30.3 Å². The maximum atomic E-state index is 11.9. The molecular formula is C24H24N4O. The Balaban J connectivity index is 1.69. The van der Waals surface area contributed by atoms with Gasteiger partial charge in [-0.1, -0.05) is 42.5 Å². The number of carbonyl (C=O) groups is 1. The summed E-state index contributed by atoms with van der Waals surface area (Å²) in [4.78, 5) is 14.1. The van der Waals surface area contributed by atoms with E-state index in [2.05, 4.69) is 47.5 Å². The molecule has 1 amide bonds. The lowest BCUT2D eigenvalue weighted by Gasteiger charge is -2.23. The molecule has 0 aliphatic carbocycles. The van der Waals surface area contributed by atoms with Crippen LogP contribution in [0.2, 0.25) is 0 Å². The van der Waals surface area contributed by atoms with E-state index in [1.54, 1.807) is 24.3 Å². The molecular weight excluding hydrogens is 360 g/mol. The van der Waals surface area contributed by atoms with Gasteiger partial charge in [-0.3, -0.25) is 10.1 Å². The van der Waals surface area contributed by atoms with Crippen LogP contribution in [0.3, 0.4) is 0 Å². The number of hydrogen-bond acceptors (Lipinski definition) is 4. The number of para-hydroxylation sites is 1. The minimum absolute atomic E-state index is 0.451. The number of carbonyl (C=O) groups excluding carboxylic acids is 1. The van der Waals surface area contributed by atoms with E-state index in [9.17, 15) is 4.79 Å². The molecule has 0 aliphatic rings. The van der Waals surface area contributed by atoms with Crippen molar-refractivity contribution >= 4 is 17.3 Å². The van der Waals surface area contributed by atoms with Crippen molar-refractivity contribution in [2.75, 3.05) is 11.4 Å². The first-order chi connectivity index (χ1) is 14.1. The van der Waals surface area contributed by atoms with Crippen molar-refractivity contribution < 1.29 is 4.79 Å². The van der Waals surface area contributed by atoms with Crippen molar-refractivity contribution in [2.45, 2.75) is 19.5 Å². The number of nitriles is 1. The number of nitrogens with two attached hydrogens (primary N) is 1. The van der Waals surface area contributed by atoms with Crippen molar-refractivity contribution in [3.63, 3.8) is 0 Å². The number of nitrogens with zero attached hydrogens (tertiary/aromatic N) is 2. The minimum Gasteiger partial charge on any atom is -0.368 e. The van der Waals surface area contributed by atoms with Gasteiger partial charge in [0, 0.05) is 24.5 Å². The Bertz CT molecular complexity index is 976. The van der Waals surface area contributed by atoms with Gasteiger partial charge in [0.1, 0.15) is 6.04 Å². The van der Waals surface area contributed by atoms with Crippen LogP contribution in [0.5, 0.6) is 0 Å². The molecule has 1 atom stereocenters. The highest BCUT2D eigenvalue weighted by molar-refractivity contribution is 5.81. The molecule has 146 valence electrons. The molecule has 0 aliphatic heterocycles. The largest absolute Gasteiger partial charge is 0.368 e. The summed E-state index contributed by atoms with van der Waals surface area (Å²) in [6, 6.07) is 26.8. The average molecular weight is 384 g/mol. The zero-order valence-electron chi connectivity index (χ0n) is 16.4. The van der Waals surface area contributed by atoms with Crippen LogP contribution in [-0.4, -0.2) is 12.5 Å². The molecule has 29 heavy (non-hydrogen) atoms. The number of anilines is 2. The number of nitrogens with one attached hydrogen (secondary N) is 1. The van der Waals surface area contributed by atoms with Crippen LogP contribution >= 0.6 is 0 Å². The van der Waals surface area contributed by atoms with E-state index in [1.165, 1.54) is 0 Å². The van der Waals surface area contributed by atoms with Gasteiger partial charge in [-0.2, -0.15) is 5.26 Å². The predicted octanol–water partition coefficient (Wildman–Crippen LogP) is 4.03. The summed E-state index contributed by atoms with van der Waals surface area (Å²) in [5.41, 5.74) is 10.2. The molecule has 0 fully saturated rings. The van der Waals surface area contributed by atoms with Crippen LogP contribution in [0, 0.1) is 11.3 Å². The molecule has 5 heteroatoms. The first-order valence-electron chi connectivity index (χ1n) is 9.56. The molecule has 3 aromatic carbocycles. The van der Waals surface area contributed by atoms with Crippen molar-refractivity contribution in [2.24, 2.45) is 5.73 Å². The lowest BCUT2D eigenvalue weighted by molar-refractivity contribution is -0.120. The minimum atomic E-state index is -0.612. The van der Waals surface area contributed by atoms with Gasteiger partial charge in [-0.25, -0.2) is 0 Å². The molecule has 0 saturated carbocycles. The zero-order valence-corrected chi connectivity index (χ0v) is 16.4. The van der Waals surface area contributed by atoms with Crippen molar-refractivity contribution in [3.05, 3.63) is 95.6 Å². The van der Waals surface area contributed by atoms with Gasteiger partial charge < -0.3 is 10.6 Å². The van der Waals surface area contributed by atoms with E-state index in [-0.39, 0.29) is 0 Å². The van der Waals surface area contributed by atoms with Crippen LogP contribution in [0.4, 0.5) is 11.4 Å². The number of hydrogen-bond donors (Lipinski definition) is 2. The van der Waals surface area contributed by atoms with Gasteiger partial charge >= 0.3 is 0 Å². The fourth-order valence-electron chi connectivity index (χ4n) is 3.27. The first kappa shape index (κ1) is 20.1. The standard InChI is InChI=1S/C24H24N4O/c1-2-28(21-6-4-3-5-7-21)22-14-10-19(11-15-22)17-27-23(24(26)29)20-12-8-18(16-25)9-13-20/h3-15,23,27H,2,17H2,1H3,(H2,26,29). The Morgan fingerprint density at radius 2 is 1.62 bits per heavy atom. The highest BCUT2D eigenvalue weighted by atomic mass is 16.1. The summed E-state index contributed by atoms with van der Waals surface area (Å²) in [5.74, 6) is -0.451. The van der Waals surface area contributed by atoms with E-state index in [4.69, 9.17) is 11.0 Å². The smallest absolute Gasteiger partial charge is 0.239 e. The average Bonchev–Trinajstić information content (AvgIpc) is 2.76. The van der Waals surface area contributed by atoms with Crippen molar-refractivity contribution in [3.8, 4) is 6.07 Å². The molecule has 0 radical (unpaired) electrons. The molecule has 0 spiro atoms. The highest BCUT2D eigenvalue weighted by Crippen LogP contribution is 2.25. The molecule has 1 unspecified atom stereocenters. The number of amides is 1. The zero-order chi connectivity index (χ0) is 20.6. The lowest BCUT2D eigenvalue weighted by Crippen LogP contribution is -2.33. The second kappa shape index (κ2) is 9.54. The first-order valence-corrected chi connectivity index (χ1v) is 9.56. The fourth-order valence-corrected chi connectivity index (χ4v) is 3.27. The van der Waals surface area contributed by atoms with Gasteiger partial charge in [0.25, 0.3) is 0 Å². The van der Waals surface area contributed by atoms with Gasteiger partial charge in [-0.05, 0) is 54.4 Å². The van der Waals surface area contributed by atoms with Gasteiger partial charge in [0.2, 0.25) is 5.91 Å².